The monoisotopic (exact) mass is 375 g/mol. The number of carbonyl (C=O) groups excluding carboxylic acids is 1. The van der Waals surface area contributed by atoms with Crippen LogP contribution in [0.25, 0.3) is 0 Å². The number of hydrogen-bond acceptors (Lipinski definition) is 3. The zero-order valence-corrected chi connectivity index (χ0v) is 14.1. The first-order chi connectivity index (χ1) is 10.7. The molecule has 1 aromatic carbocycles. The summed E-state index contributed by atoms with van der Waals surface area (Å²) in [5.41, 5.74) is -0.840. The van der Waals surface area contributed by atoms with Crippen molar-refractivity contribution in [2.45, 2.75) is 16.9 Å². The van der Waals surface area contributed by atoms with Gasteiger partial charge in [-0.05, 0) is 19.1 Å². The van der Waals surface area contributed by atoms with Gasteiger partial charge < -0.3 is 10.3 Å². The quantitative estimate of drug-likeness (QED) is 0.805. The Labute approximate surface area is 146 Å². The largest absolute Gasteiger partial charge is 0.330 e. The number of hydrogen-bond donors (Lipinski definition) is 2. The number of rotatable bonds is 3. The number of aromatic nitrogens is 2. The molecule has 0 aliphatic heterocycles. The summed E-state index contributed by atoms with van der Waals surface area (Å²) < 4.78 is -1.46. The van der Waals surface area contributed by atoms with Gasteiger partial charge in [0.05, 0.1) is 0 Å². The summed E-state index contributed by atoms with van der Waals surface area (Å²) in [6.07, 6.45) is -1.47. The Kier molecular flexibility index (Phi) is 5.19. The zero-order chi connectivity index (χ0) is 17.2. The van der Waals surface area contributed by atoms with Crippen LogP contribution in [0.2, 0.25) is 0 Å². The minimum absolute atomic E-state index is 0.295. The van der Waals surface area contributed by atoms with Gasteiger partial charge in [0, 0.05) is 17.3 Å². The highest BCUT2D eigenvalue weighted by atomic mass is 35.6. The van der Waals surface area contributed by atoms with Crippen molar-refractivity contribution in [3.63, 3.8) is 0 Å². The van der Waals surface area contributed by atoms with Crippen molar-refractivity contribution in [2.75, 3.05) is 0 Å². The molecule has 6 nitrogen and oxygen atoms in total. The molecule has 0 spiro atoms. The average molecular weight is 377 g/mol. The van der Waals surface area contributed by atoms with Gasteiger partial charge in [-0.15, -0.1) is 0 Å². The van der Waals surface area contributed by atoms with Crippen molar-refractivity contribution in [1.29, 1.82) is 0 Å². The van der Waals surface area contributed by atoms with E-state index in [0.29, 0.717) is 15.8 Å². The fourth-order valence-electron chi connectivity index (χ4n) is 1.95. The second-order valence-corrected chi connectivity index (χ2v) is 7.12. The van der Waals surface area contributed by atoms with Crippen molar-refractivity contribution < 1.29 is 4.79 Å². The Morgan fingerprint density at radius 2 is 1.83 bits per heavy atom. The van der Waals surface area contributed by atoms with Crippen molar-refractivity contribution in [1.82, 2.24) is 14.9 Å². The Morgan fingerprint density at radius 3 is 2.35 bits per heavy atom. The van der Waals surface area contributed by atoms with E-state index >= 15 is 0 Å². The normalized spacial score (nSPS) is 12.7. The summed E-state index contributed by atoms with van der Waals surface area (Å²) >= 11 is 17.6. The van der Waals surface area contributed by atoms with Crippen LogP contribution in [0.4, 0.5) is 0 Å². The summed E-state index contributed by atoms with van der Waals surface area (Å²) in [6.45, 7) is 1.54. The van der Waals surface area contributed by atoms with Crippen LogP contribution in [0.1, 0.15) is 22.2 Å². The number of carbonyl (C=O) groups is 1. The van der Waals surface area contributed by atoms with Crippen LogP contribution in [0, 0.1) is 6.92 Å². The molecule has 0 radical (unpaired) electrons. The molecule has 0 unspecified atom stereocenters. The Morgan fingerprint density at radius 1 is 1.22 bits per heavy atom. The third kappa shape index (κ3) is 4.16. The molecule has 0 aliphatic rings. The molecule has 0 bridgehead atoms. The lowest BCUT2D eigenvalue weighted by molar-refractivity contribution is 0.0918. The predicted octanol–water partition coefficient (Wildman–Crippen LogP) is 2.14. The van der Waals surface area contributed by atoms with Gasteiger partial charge in [-0.3, -0.25) is 9.59 Å². The number of nitrogens with zero attached hydrogens (tertiary/aromatic N) is 1. The fourth-order valence-corrected chi connectivity index (χ4v) is 2.41. The van der Waals surface area contributed by atoms with Crippen LogP contribution in [0.15, 0.2) is 46.0 Å². The first-order valence-corrected chi connectivity index (χ1v) is 7.58. The fraction of sp³-hybridized carbons (Fsp3) is 0.214. The van der Waals surface area contributed by atoms with Crippen molar-refractivity contribution >= 4 is 40.7 Å². The lowest BCUT2D eigenvalue weighted by Gasteiger charge is -2.26. The van der Waals surface area contributed by atoms with Gasteiger partial charge in [-0.1, -0.05) is 53.0 Å². The highest BCUT2D eigenvalue weighted by Gasteiger charge is 2.37. The second kappa shape index (κ2) is 6.78. The third-order valence-electron chi connectivity index (χ3n) is 2.97. The lowest BCUT2D eigenvalue weighted by Crippen LogP contribution is -2.50. The first-order valence-electron chi connectivity index (χ1n) is 6.45. The Hall–Kier alpha value is -1.76. The molecule has 1 heterocycles. The predicted molar refractivity (Wildman–Crippen MR) is 89.3 cm³/mol. The number of amides is 1. The highest BCUT2D eigenvalue weighted by Crippen LogP contribution is 2.35. The number of alkyl halides is 3. The summed E-state index contributed by atoms with van der Waals surface area (Å²) in [4.78, 5) is 38.8. The van der Waals surface area contributed by atoms with E-state index in [4.69, 9.17) is 34.8 Å². The molecule has 2 aromatic rings. The summed E-state index contributed by atoms with van der Waals surface area (Å²) in [5.74, 6) is -0.589. The molecular weight excluding hydrogens is 365 g/mol. The highest BCUT2D eigenvalue weighted by molar-refractivity contribution is 6.67. The molecule has 2 rings (SSSR count). The van der Waals surface area contributed by atoms with Gasteiger partial charge in [0.15, 0.2) is 6.17 Å². The summed E-state index contributed by atoms with van der Waals surface area (Å²) in [5, 5.41) is 2.40. The van der Waals surface area contributed by atoms with Gasteiger partial charge in [0.2, 0.25) is 3.79 Å². The molecule has 0 fully saturated rings. The van der Waals surface area contributed by atoms with Crippen LogP contribution in [0.5, 0.6) is 0 Å². The van der Waals surface area contributed by atoms with Crippen LogP contribution in [-0.2, 0) is 0 Å². The van der Waals surface area contributed by atoms with E-state index in [2.05, 4.69) is 10.3 Å². The maximum Gasteiger partial charge on any atom is 0.330 e. The lowest BCUT2D eigenvalue weighted by atomic mass is 10.2. The van der Waals surface area contributed by atoms with Gasteiger partial charge >= 0.3 is 5.69 Å². The Bertz CT molecular complexity index is 794. The Balaban J connectivity index is 2.47. The maximum absolute atomic E-state index is 12.2. The molecule has 0 saturated carbocycles. The molecule has 0 saturated heterocycles. The van der Waals surface area contributed by atoms with E-state index in [1.807, 2.05) is 0 Å². The molecule has 0 aliphatic carbocycles. The van der Waals surface area contributed by atoms with Gasteiger partial charge in [-0.25, -0.2) is 9.36 Å². The van der Waals surface area contributed by atoms with Gasteiger partial charge in [0.25, 0.3) is 11.5 Å². The van der Waals surface area contributed by atoms with Crippen molar-refractivity contribution in [3.8, 4) is 0 Å². The van der Waals surface area contributed by atoms with E-state index < -0.39 is 27.1 Å². The number of benzene rings is 1. The third-order valence-corrected chi connectivity index (χ3v) is 3.59. The minimum Gasteiger partial charge on any atom is -0.328 e. The van der Waals surface area contributed by atoms with E-state index in [-0.39, 0.29) is 0 Å². The van der Waals surface area contributed by atoms with Gasteiger partial charge in [-0.2, -0.15) is 0 Å². The first kappa shape index (κ1) is 17.6. The van der Waals surface area contributed by atoms with Crippen LogP contribution in [0.3, 0.4) is 0 Å². The minimum atomic E-state index is -2.11. The molecule has 23 heavy (non-hydrogen) atoms. The molecule has 2 N–H and O–H groups in total. The smallest absolute Gasteiger partial charge is 0.328 e. The van der Waals surface area contributed by atoms with Crippen LogP contribution in [-0.4, -0.2) is 19.3 Å². The topological polar surface area (TPSA) is 84.0 Å². The van der Waals surface area contributed by atoms with Crippen molar-refractivity contribution in [3.05, 3.63) is 68.5 Å². The number of aryl methyl sites for hydroxylation is 1. The van der Waals surface area contributed by atoms with Gasteiger partial charge in [0.1, 0.15) is 0 Å². The molecule has 1 atom stereocenters. The van der Waals surface area contributed by atoms with E-state index in [1.54, 1.807) is 37.3 Å². The molecule has 1 amide bonds. The standard InChI is InChI=1S/C14H12Cl3N3O3/c1-8-7-10(21)20(13(23)18-8)12(14(15,16)17)19-11(22)9-5-3-2-4-6-9/h2-7,12H,1H3,(H,18,23)(H,19,22)/t12-/m1/s1. The van der Waals surface area contributed by atoms with Crippen LogP contribution >= 0.6 is 34.8 Å². The second-order valence-electron chi connectivity index (χ2n) is 4.75. The summed E-state index contributed by atoms with van der Waals surface area (Å²) in [6, 6.07) is 9.31. The molecule has 1 aromatic heterocycles. The number of nitrogens with one attached hydrogen (secondary N) is 2. The molecule has 9 heteroatoms. The SMILES string of the molecule is Cc1cc(=O)n([C@@H](NC(=O)c2ccccc2)C(Cl)(Cl)Cl)c(=O)[nH]1. The summed E-state index contributed by atoms with van der Waals surface area (Å²) in [7, 11) is 0. The number of halogens is 3. The average Bonchev–Trinajstić information content (AvgIpc) is 2.45. The number of H-pyrrole nitrogens is 1. The van der Waals surface area contributed by atoms with E-state index in [0.717, 1.165) is 0 Å². The molecule has 122 valence electrons. The van der Waals surface area contributed by atoms with E-state index in [9.17, 15) is 14.4 Å². The number of aromatic amines is 1. The molecular formula is C14H12Cl3N3O3. The maximum atomic E-state index is 12.2. The zero-order valence-electron chi connectivity index (χ0n) is 11.8. The van der Waals surface area contributed by atoms with Crippen molar-refractivity contribution in [2.24, 2.45) is 0 Å². The van der Waals surface area contributed by atoms with E-state index in [1.165, 1.54) is 6.07 Å². The van der Waals surface area contributed by atoms with Crippen LogP contribution < -0.4 is 16.6 Å².